The SMILES string of the molecule is CCn1cc(/C=C2\Oc3cc(OC(=O)Cc4ccc(OC)cc4)cc(C)c3C2=O)c2ccccc21. The van der Waals surface area contributed by atoms with Crippen molar-refractivity contribution in [3.63, 3.8) is 0 Å². The summed E-state index contributed by atoms with van der Waals surface area (Å²) in [6.07, 6.45) is 3.93. The van der Waals surface area contributed by atoms with Gasteiger partial charge in [-0.2, -0.15) is 0 Å². The zero-order valence-electron chi connectivity index (χ0n) is 19.8. The lowest BCUT2D eigenvalue weighted by Crippen LogP contribution is -2.11. The number of rotatable bonds is 6. The summed E-state index contributed by atoms with van der Waals surface area (Å²) in [4.78, 5) is 25.6. The van der Waals surface area contributed by atoms with Crippen LogP contribution >= 0.6 is 0 Å². The first-order valence-electron chi connectivity index (χ1n) is 11.5. The van der Waals surface area contributed by atoms with Crippen molar-refractivity contribution >= 4 is 28.7 Å². The maximum absolute atomic E-state index is 13.1. The van der Waals surface area contributed by atoms with Crippen molar-refractivity contribution in [2.24, 2.45) is 0 Å². The molecule has 0 spiro atoms. The number of para-hydroxylation sites is 1. The lowest BCUT2D eigenvalue weighted by Gasteiger charge is -2.08. The van der Waals surface area contributed by atoms with Gasteiger partial charge in [-0.3, -0.25) is 9.59 Å². The van der Waals surface area contributed by atoms with Gasteiger partial charge in [-0.15, -0.1) is 0 Å². The molecular weight excluding hydrogens is 442 g/mol. The third-order valence-electron chi connectivity index (χ3n) is 6.13. The number of hydrogen-bond donors (Lipinski definition) is 0. The van der Waals surface area contributed by atoms with E-state index in [0.717, 1.165) is 34.3 Å². The van der Waals surface area contributed by atoms with Crippen molar-refractivity contribution in [3.8, 4) is 17.2 Å². The molecule has 5 rings (SSSR count). The van der Waals surface area contributed by atoms with Gasteiger partial charge in [0.2, 0.25) is 5.78 Å². The van der Waals surface area contributed by atoms with E-state index in [1.165, 1.54) is 0 Å². The number of aromatic nitrogens is 1. The highest BCUT2D eigenvalue weighted by molar-refractivity contribution is 6.16. The number of allylic oxidation sites excluding steroid dienone is 1. The van der Waals surface area contributed by atoms with E-state index in [2.05, 4.69) is 17.6 Å². The first-order valence-corrected chi connectivity index (χ1v) is 11.5. The summed E-state index contributed by atoms with van der Waals surface area (Å²) in [6, 6.07) is 18.6. The predicted molar refractivity (Wildman–Crippen MR) is 134 cm³/mol. The van der Waals surface area contributed by atoms with E-state index in [0.29, 0.717) is 22.6 Å². The average molecular weight is 468 g/mol. The fraction of sp³-hybridized carbons (Fsp3) is 0.172. The fourth-order valence-electron chi connectivity index (χ4n) is 4.41. The monoisotopic (exact) mass is 467 g/mol. The van der Waals surface area contributed by atoms with E-state index in [4.69, 9.17) is 14.2 Å². The Morgan fingerprint density at radius 3 is 2.57 bits per heavy atom. The Bertz CT molecular complexity index is 1480. The van der Waals surface area contributed by atoms with Gasteiger partial charge in [0.25, 0.3) is 0 Å². The predicted octanol–water partition coefficient (Wildman–Crippen LogP) is 5.74. The Morgan fingerprint density at radius 1 is 1.06 bits per heavy atom. The van der Waals surface area contributed by atoms with Crippen molar-refractivity contribution in [2.75, 3.05) is 7.11 Å². The van der Waals surface area contributed by atoms with Crippen molar-refractivity contribution in [2.45, 2.75) is 26.8 Å². The lowest BCUT2D eigenvalue weighted by molar-refractivity contribution is -0.133. The van der Waals surface area contributed by atoms with Gasteiger partial charge in [-0.25, -0.2) is 0 Å². The van der Waals surface area contributed by atoms with Crippen LogP contribution < -0.4 is 14.2 Å². The van der Waals surface area contributed by atoms with Gasteiger partial charge >= 0.3 is 5.97 Å². The first-order chi connectivity index (χ1) is 17.0. The molecule has 3 aromatic carbocycles. The Morgan fingerprint density at radius 2 is 1.83 bits per heavy atom. The molecule has 0 bridgehead atoms. The van der Waals surface area contributed by atoms with Crippen LogP contribution in [0.1, 0.15) is 34.0 Å². The van der Waals surface area contributed by atoms with Crippen LogP contribution in [0.2, 0.25) is 0 Å². The number of fused-ring (bicyclic) bond motifs is 2. The van der Waals surface area contributed by atoms with Crippen LogP contribution in [0.4, 0.5) is 0 Å². The average Bonchev–Trinajstić information content (AvgIpc) is 3.37. The van der Waals surface area contributed by atoms with E-state index >= 15 is 0 Å². The van der Waals surface area contributed by atoms with E-state index < -0.39 is 5.97 Å². The van der Waals surface area contributed by atoms with Gasteiger partial charge < -0.3 is 18.8 Å². The highest BCUT2D eigenvalue weighted by Crippen LogP contribution is 2.38. The van der Waals surface area contributed by atoms with Crippen LogP contribution in [0.5, 0.6) is 17.2 Å². The Balaban J connectivity index is 1.38. The summed E-state index contributed by atoms with van der Waals surface area (Å²) in [5.41, 5.74) is 4.02. The van der Waals surface area contributed by atoms with Gasteiger partial charge in [-0.1, -0.05) is 30.3 Å². The van der Waals surface area contributed by atoms with Gasteiger partial charge in [0, 0.05) is 35.3 Å². The molecule has 4 aromatic rings. The number of aryl methyl sites for hydroxylation is 2. The summed E-state index contributed by atoms with van der Waals surface area (Å²) in [7, 11) is 1.59. The molecule has 1 aromatic heterocycles. The molecule has 1 aliphatic heterocycles. The van der Waals surface area contributed by atoms with Crippen molar-refractivity contribution in [3.05, 3.63) is 94.9 Å². The molecule has 6 heteroatoms. The highest BCUT2D eigenvalue weighted by atomic mass is 16.5. The molecule has 0 saturated carbocycles. The molecule has 0 fully saturated rings. The molecule has 176 valence electrons. The molecule has 0 unspecified atom stereocenters. The summed E-state index contributed by atoms with van der Waals surface area (Å²) >= 11 is 0. The minimum absolute atomic E-state index is 0.118. The van der Waals surface area contributed by atoms with Crippen molar-refractivity contribution in [1.29, 1.82) is 0 Å². The molecular formula is C29H25NO5. The lowest BCUT2D eigenvalue weighted by atomic mass is 10.0. The molecule has 0 radical (unpaired) electrons. The fourth-order valence-corrected chi connectivity index (χ4v) is 4.41. The molecule has 1 aliphatic rings. The van der Waals surface area contributed by atoms with Crippen LogP contribution in [-0.2, 0) is 17.8 Å². The van der Waals surface area contributed by atoms with Crippen LogP contribution in [-0.4, -0.2) is 23.4 Å². The van der Waals surface area contributed by atoms with Crippen molar-refractivity contribution in [1.82, 2.24) is 4.57 Å². The molecule has 0 saturated heterocycles. The Hall–Kier alpha value is -4.32. The topological polar surface area (TPSA) is 66.8 Å². The standard InChI is InChI=1S/C29H25NO5/c1-4-30-17-20(23-7-5-6-8-24(23)30)15-26-29(32)28-18(2)13-22(16-25(28)35-26)34-27(31)14-19-9-11-21(33-3)12-10-19/h5-13,15-17H,4,14H2,1-3H3/b26-15-. The number of Topliss-reactive ketones (excluding diaryl/α,β-unsaturated/α-hetero) is 1. The number of ketones is 1. The highest BCUT2D eigenvalue weighted by Gasteiger charge is 2.30. The Kier molecular flexibility index (Phi) is 5.87. The number of benzene rings is 3. The number of methoxy groups -OCH3 is 1. The minimum Gasteiger partial charge on any atom is -0.497 e. The maximum Gasteiger partial charge on any atom is 0.315 e. The van der Waals surface area contributed by atoms with Crippen LogP contribution in [0, 0.1) is 6.92 Å². The number of nitrogens with zero attached hydrogens (tertiary/aromatic N) is 1. The van der Waals surface area contributed by atoms with Crippen molar-refractivity contribution < 1.29 is 23.8 Å². The number of carbonyl (C=O) groups is 2. The maximum atomic E-state index is 13.1. The third kappa shape index (κ3) is 4.30. The molecule has 2 heterocycles. The van der Waals surface area contributed by atoms with Crippen LogP contribution in [0.25, 0.3) is 17.0 Å². The number of hydrogen-bond acceptors (Lipinski definition) is 5. The molecule has 0 aliphatic carbocycles. The number of esters is 1. The second-order valence-corrected chi connectivity index (χ2v) is 8.44. The van der Waals surface area contributed by atoms with E-state index in [-0.39, 0.29) is 18.0 Å². The zero-order valence-corrected chi connectivity index (χ0v) is 19.8. The summed E-state index contributed by atoms with van der Waals surface area (Å²) < 4.78 is 18.8. The van der Waals surface area contributed by atoms with E-state index in [1.54, 1.807) is 37.5 Å². The molecule has 0 atom stereocenters. The smallest absolute Gasteiger partial charge is 0.315 e. The third-order valence-corrected chi connectivity index (χ3v) is 6.13. The summed E-state index contributed by atoms with van der Waals surface area (Å²) in [5, 5.41) is 1.05. The van der Waals surface area contributed by atoms with Gasteiger partial charge in [0.1, 0.15) is 17.2 Å². The van der Waals surface area contributed by atoms with Crippen LogP contribution in [0.15, 0.2) is 72.6 Å². The number of ether oxygens (including phenoxy) is 3. The largest absolute Gasteiger partial charge is 0.497 e. The van der Waals surface area contributed by atoms with E-state index in [9.17, 15) is 9.59 Å². The van der Waals surface area contributed by atoms with Gasteiger partial charge in [0.05, 0.1) is 19.1 Å². The first kappa shape index (κ1) is 22.5. The molecule has 6 nitrogen and oxygen atoms in total. The quantitative estimate of drug-likeness (QED) is 0.205. The Labute approximate surface area is 203 Å². The molecule has 0 amide bonds. The van der Waals surface area contributed by atoms with E-state index in [1.807, 2.05) is 43.5 Å². The van der Waals surface area contributed by atoms with Crippen LogP contribution in [0.3, 0.4) is 0 Å². The zero-order chi connectivity index (χ0) is 24.5. The second-order valence-electron chi connectivity index (χ2n) is 8.44. The normalized spacial score (nSPS) is 13.7. The van der Waals surface area contributed by atoms with Gasteiger partial charge in [-0.05, 0) is 55.3 Å². The van der Waals surface area contributed by atoms with Gasteiger partial charge in [0.15, 0.2) is 5.76 Å². The molecule has 0 N–H and O–H groups in total. The summed E-state index contributed by atoms with van der Waals surface area (Å²) in [6.45, 7) is 4.72. The second kappa shape index (κ2) is 9.14. The summed E-state index contributed by atoms with van der Waals surface area (Å²) in [5.74, 6) is 1.14. The number of carbonyl (C=O) groups excluding carboxylic acids is 2. The minimum atomic E-state index is -0.401. The molecule has 35 heavy (non-hydrogen) atoms.